The molecule has 0 spiro atoms. The van der Waals surface area contributed by atoms with Crippen LogP contribution in [0.25, 0.3) is 21.2 Å². The summed E-state index contributed by atoms with van der Waals surface area (Å²) in [7, 11) is 5.75. The molecule has 6 nitrogen and oxygen atoms in total. The Morgan fingerprint density at radius 3 is 2.28 bits per heavy atom. The summed E-state index contributed by atoms with van der Waals surface area (Å²) in [5.41, 5.74) is 2.93. The van der Waals surface area contributed by atoms with Gasteiger partial charge in [-0.1, -0.05) is 29.8 Å². The highest BCUT2D eigenvalue weighted by molar-refractivity contribution is 7.21. The van der Waals surface area contributed by atoms with Crippen LogP contribution in [0.15, 0.2) is 60.9 Å². The molecule has 1 fully saturated rings. The molecule has 0 bridgehead atoms. The summed E-state index contributed by atoms with van der Waals surface area (Å²) in [6.07, 6.45) is 6.81. The largest absolute Gasteiger partial charge is 0.343 e. The van der Waals surface area contributed by atoms with Gasteiger partial charge in [0, 0.05) is 51.0 Å². The molecule has 2 aromatic heterocycles. The molecular weight excluding hydrogens is 590 g/mol. The Hall–Kier alpha value is -3.40. The van der Waals surface area contributed by atoms with E-state index < -0.39 is 11.6 Å². The van der Waals surface area contributed by atoms with Crippen molar-refractivity contribution in [3.63, 3.8) is 0 Å². The third-order valence-electron chi connectivity index (χ3n) is 8.25. The number of pyridine rings is 1. The van der Waals surface area contributed by atoms with Crippen LogP contribution >= 0.6 is 22.9 Å². The molecule has 226 valence electrons. The Morgan fingerprint density at radius 2 is 1.60 bits per heavy atom. The monoisotopic (exact) mass is 624 g/mol. The van der Waals surface area contributed by atoms with E-state index >= 15 is 0 Å². The number of benzene rings is 2. The van der Waals surface area contributed by atoms with E-state index in [-0.39, 0.29) is 43.9 Å². The minimum absolute atomic E-state index is 0.0366. The zero-order valence-corrected chi connectivity index (χ0v) is 26.1. The summed E-state index contributed by atoms with van der Waals surface area (Å²) in [5, 5.41) is -0.117. The maximum absolute atomic E-state index is 14.7. The van der Waals surface area contributed by atoms with Crippen molar-refractivity contribution in [2.45, 2.75) is 50.7 Å². The Balaban J connectivity index is 1.42. The van der Waals surface area contributed by atoms with Crippen molar-refractivity contribution >= 4 is 44.8 Å². The number of rotatable bonds is 9. The quantitative estimate of drug-likeness (QED) is 0.197. The van der Waals surface area contributed by atoms with Gasteiger partial charge in [-0.15, -0.1) is 11.3 Å². The van der Waals surface area contributed by atoms with Gasteiger partial charge in [0.15, 0.2) is 0 Å². The lowest BCUT2D eigenvalue weighted by Gasteiger charge is -2.40. The van der Waals surface area contributed by atoms with E-state index in [4.69, 9.17) is 11.6 Å². The Labute approximate surface area is 259 Å². The third-order valence-corrected chi connectivity index (χ3v) is 9.93. The highest BCUT2D eigenvalue weighted by Crippen LogP contribution is 2.40. The second-order valence-electron chi connectivity index (χ2n) is 11.4. The molecule has 2 heterocycles. The molecule has 0 atom stereocenters. The number of amides is 2. The van der Waals surface area contributed by atoms with Gasteiger partial charge in [0.1, 0.15) is 16.5 Å². The first-order chi connectivity index (χ1) is 20.6. The number of hydrogen-bond donors (Lipinski definition) is 0. The Kier molecular flexibility index (Phi) is 9.74. The number of nitrogens with zero attached hydrogens (tertiary/aromatic N) is 4. The number of aromatic nitrogens is 1. The summed E-state index contributed by atoms with van der Waals surface area (Å²) in [6.45, 7) is 0.997. The molecule has 2 amide bonds. The van der Waals surface area contributed by atoms with E-state index in [9.17, 15) is 18.4 Å². The van der Waals surface area contributed by atoms with E-state index in [0.29, 0.717) is 32.4 Å². The summed E-state index contributed by atoms with van der Waals surface area (Å²) in [4.78, 5) is 36.9. The van der Waals surface area contributed by atoms with Crippen LogP contribution in [0.4, 0.5) is 8.78 Å². The molecule has 0 radical (unpaired) electrons. The fourth-order valence-electron chi connectivity index (χ4n) is 5.78. The lowest BCUT2D eigenvalue weighted by molar-refractivity contribution is -0.133. The predicted molar refractivity (Wildman–Crippen MR) is 168 cm³/mol. The maximum Gasteiger partial charge on any atom is 0.266 e. The van der Waals surface area contributed by atoms with Gasteiger partial charge >= 0.3 is 0 Å². The second kappa shape index (κ2) is 13.5. The van der Waals surface area contributed by atoms with Crippen molar-refractivity contribution in [1.82, 2.24) is 19.7 Å². The van der Waals surface area contributed by atoms with Gasteiger partial charge in [0.2, 0.25) is 5.91 Å². The van der Waals surface area contributed by atoms with Crippen LogP contribution in [-0.2, 0) is 11.3 Å². The molecule has 1 saturated carbocycles. The average Bonchev–Trinajstić information content (AvgIpc) is 3.38. The van der Waals surface area contributed by atoms with E-state index in [1.807, 2.05) is 67.3 Å². The molecule has 1 aliphatic rings. The second-order valence-corrected chi connectivity index (χ2v) is 12.8. The van der Waals surface area contributed by atoms with Crippen molar-refractivity contribution < 1.29 is 18.4 Å². The molecule has 0 aliphatic heterocycles. The minimum atomic E-state index is -0.657. The van der Waals surface area contributed by atoms with Gasteiger partial charge in [0.25, 0.3) is 5.91 Å². The Bertz CT molecular complexity index is 1610. The summed E-state index contributed by atoms with van der Waals surface area (Å²) >= 11 is 7.47. The highest BCUT2D eigenvalue weighted by atomic mass is 35.5. The lowest BCUT2D eigenvalue weighted by Crippen LogP contribution is -2.46. The molecule has 4 aromatic rings. The van der Waals surface area contributed by atoms with Gasteiger partial charge in [-0.2, -0.15) is 0 Å². The maximum atomic E-state index is 14.7. The number of carbonyl (C=O) groups is 2. The van der Waals surface area contributed by atoms with Crippen molar-refractivity contribution in [3.05, 3.63) is 88.0 Å². The fraction of sp³-hybridized carbons (Fsp3) is 0.364. The highest BCUT2D eigenvalue weighted by Gasteiger charge is 2.34. The summed E-state index contributed by atoms with van der Waals surface area (Å²) in [5.74, 6) is -1.51. The topological polar surface area (TPSA) is 56.8 Å². The molecule has 2 aromatic carbocycles. The van der Waals surface area contributed by atoms with Crippen molar-refractivity contribution in [2.75, 3.05) is 27.7 Å². The van der Waals surface area contributed by atoms with E-state index in [1.165, 1.54) is 0 Å². The van der Waals surface area contributed by atoms with Crippen LogP contribution in [0, 0.1) is 11.6 Å². The Morgan fingerprint density at radius 1 is 0.930 bits per heavy atom. The van der Waals surface area contributed by atoms with E-state index in [0.717, 1.165) is 53.0 Å². The lowest BCUT2D eigenvalue weighted by atomic mass is 9.88. The fourth-order valence-corrected chi connectivity index (χ4v) is 7.28. The van der Waals surface area contributed by atoms with Crippen molar-refractivity contribution in [3.8, 4) is 11.1 Å². The zero-order chi connectivity index (χ0) is 30.7. The smallest absolute Gasteiger partial charge is 0.266 e. The number of halogens is 3. The molecule has 10 heteroatoms. The van der Waals surface area contributed by atoms with E-state index in [1.54, 1.807) is 17.3 Å². The normalized spacial score (nSPS) is 16.9. The molecule has 5 rings (SSSR count). The average molecular weight is 625 g/mol. The predicted octanol–water partition coefficient (Wildman–Crippen LogP) is 7.26. The molecule has 0 unspecified atom stereocenters. The molecule has 0 saturated heterocycles. The van der Waals surface area contributed by atoms with Gasteiger partial charge in [-0.05, 0) is 86.8 Å². The van der Waals surface area contributed by atoms with E-state index in [2.05, 4.69) is 4.98 Å². The van der Waals surface area contributed by atoms with Crippen molar-refractivity contribution in [1.29, 1.82) is 0 Å². The number of thiophene rings is 1. The van der Waals surface area contributed by atoms with Crippen LogP contribution in [0.2, 0.25) is 5.02 Å². The standard InChI is InChI=1S/C33H35ClF2N4O2S/c1-38(2)18-15-28(41)39(3)24-7-9-25(10-8-24)40(20-21-5-4-6-23(19-21)22-13-16-37-17-14-22)33(42)32-30(34)29-26(35)11-12-27(36)31(29)43-32/h4-6,11-14,16-17,19,24-25H,7-10,15,18,20H2,1-3H3. The first kappa shape index (κ1) is 31.0. The molecule has 43 heavy (non-hydrogen) atoms. The molecule has 0 N–H and O–H groups in total. The molecular formula is C33H35ClF2N4O2S. The summed E-state index contributed by atoms with van der Waals surface area (Å²) in [6, 6.07) is 13.9. The van der Waals surface area contributed by atoms with Gasteiger partial charge in [-0.3, -0.25) is 14.6 Å². The number of hydrogen-bond acceptors (Lipinski definition) is 5. The minimum Gasteiger partial charge on any atom is -0.343 e. The van der Waals surface area contributed by atoms with Crippen LogP contribution < -0.4 is 0 Å². The van der Waals surface area contributed by atoms with Crippen LogP contribution in [0.1, 0.15) is 47.3 Å². The number of fused-ring (bicyclic) bond motifs is 1. The summed E-state index contributed by atoms with van der Waals surface area (Å²) < 4.78 is 29.4. The van der Waals surface area contributed by atoms with Gasteiger partial charge in [-0.25, -0.2) is 8.78 Å². The first-order valence-corrected chi connectivity index (χ1v) is 15.6. The third kappa shape index (κ3) is 6.89. The number of carbonyl (C=O) groups excluding carboxylic acids is 2. The van der Waals surface area contributed by atoms with Crippen molar-refractivity contribution in [2.24, 2.45) is 0 Å². The van der Waals surface area contributed by atoms with Crippen LogP contribution in [0.5, 0.6) is 0 Å². The van der Waals surface area contributed by atoms with Crippen LogP contribution in [-0.4, -0.2) is 71.3 Å². The SMILES string of the molecule is CN(C)CCC(=O)N(C)C1CCC(N(Cc2cccc(-c3ccncc3)c2)C(=O)c2sc3c(F)ccc(F)c3c2Cl)CC1. The zero-order valence-electron chi connectivity index (χ0n) is 24.5. The molecule has 1 aliphatic carbocycles. The first-order valence-electron chi connectivity index (χ1n) is 14.4. The van der Waals surface area contributed by atoms with Gasteiger partial charge < -0.3 is 14.7 Å². The van der Waals surface area contributed by atoms with Crippen LogP contribution in [0.3, 0.4) is 0 Å². The van der Waals surface area contributed by atoms with Gasteiger partial charge in [0.05, 0.1) is 15.1 Å².